The molecule has 3 unspecified atom stereocenters. The van der Waals surface area contributed by atoms with E-state index in [9.17, 15) is 24.0 Å². The number of carbonyl (C=O) groups excluding carboxylic acids is 5. The van der Waals surface area contributed by atoms with Gasteiger partial charge in [0, 0.05) is 27.7 Å². The summed E-state index contributed by atoms with van der Waals surface area (Å²) in [7, 11) is 1.21. The molecule has 0 aromatic heterocycles. The fraction of sp³-hybridized carbons (Fsp3) is 0.654. The fourth-order valence-corrected chi connectivity index (χ4v) is 4.71. The van der Waals surface area contributed by atoms with Crippen LogP contribution in [-0.2, 0) is 71.3 Å². The molecule has 228 valence electrons. The Bertz CT molecular complexity index is 1030. The van der Waals surface area contributed by atoms with Crippen LogP contribution < -0.4 is 0 Å². The predicted molar refractivity (Wildman–Crippen MR) is 131 cm³/mol. The van der Waals surface area contributed by atoms with Gasteiger partial charge in [-0.15, -0.1) is 6.58 Å². The van der Waals surface area contributed by atoms with E-state index in [2.05, 4.69) is 6.58 Å². The molecule has 0 bridgehead atoms. The zero-order valence-corrected chi connectivity index (χ0v) is 23.3. The minimum atomic E-state index is -1.53. The van der Waals surface area contributed by atoms with Gasteiger partial charge in [0.25, 0.3) is 0 Å². The van der Waals surface area contributed by atoms with E-state index >= 15 is 0 Å². The highest BCUT2D eigenvalue weighted by Gasteiger charge is 2.55. The molecule has 8 atom stereocenters. The van der Waals surface area contributed by atoms with Crippen LogP contribution in [0.25, 0.3) is 0 Å². The quantitative estimate of drug-likeness (QED) is 0.194. The van der Waals surface area contributed by atoms with Crippen molar-refractivity contribution in [3.63, 3.8) is 0 Å². The van der Waals surface area contributed by atoms with Crippen LogP contribution in [0.1, 0.15) is 27.7 Å². The summed E-state index contributed by atoms with van der Waals surface area (Å²) in [6.45, 7) is 8.44. The Morgan fingerprint density at radius 1 is 0.878 bits per heavy atom. The number of carbonyl (C=O) groups is 5. The van der Waals surface area contributed by atoms with E-state index in [1.54, 1.807) is 0 Å². The molecular formula is C26H34O15. The van der Waals surface area contributed by atoms with Gasteiger partial charge in [0.1, 0.15) is 12.7 Å². The second-order valence-corrected chi connectivity index (χ2v) is 9.22. The lowest BCUT2D eigenvalue weighted by Gasteiger charge is -2.46. The summed E-state index contributed by atoms with van der Waals surface area (Å²) in [5.41, 5.74) is 0.102. The molecule has 3 aliphatic rings. The Labute approximate surface area is 235 Å². The minimum absolute atomic E-state index is 0.102. The van der Waals surface area contributed by atoms with Gasteiger partial charge in [-0.2, -0.15) is 0 Å². The highest BCUT2D eigenvalue weighted by atomic mass is 16.8. The van der Waals surface area contributed by atoms with Crippen molar-refractivity contribution in [2.24, 2.45) is 11.8 Å². The number of esters is 5. The van der Waals surface area contributed by atoms with Gasteiger partial charge in [-0.05, 0) is 0 Å². The highest BCUT2D eigenvalue weighted by molar-refractivity contribution is 5.89. The van der Waals surface area contributed by atoms with Crippen molar-refractivity contribution in [3.05, 3.63) is 24.5 Å². The molecule has 0 spiro atoms. The Morgan fingerprint density at radius 2 is 1.46 bits per heavy atom. The molecule has 0 saturated carbocycles. The third-order valence-electron chi connectivity index (χ3n) is 6.27. The molecule has 3 rings (SSSR count). The van der Waals surface area contributed by atoms with E-state index in [0.29, 0.717) is 0 Å². The van der Waals surface area contributed by atoms with E-state index in [4.69, 9.17) is 47.4 Å². The number of rotatable bonds is 10. The molecule has 3 aliphatic heterocycles. The zero-order valence-electron chi connectivity index (χ0n) is 23.3. The second kappa shape index (κ2) is 14.4. The van der Waals surface area contributed by atoms with Gasteiger partial charge < -0.3 is 47.4 Å². The van der Waals surface area contributed by atoms with E-state index in [1.165, 1.54) is 13.2 Å². The second-order valence-electron chi connectivity index (χ2n) is 9.22. The maximum Gasteiger partial charge on any atom is 0.337 e. The van der Waals surface area contributed by atoms with Gasteiger partial charge in [0.05, 0.1) is 44.0 Å². The van der Waals surface area contributed by atoms with Gasteiger partial charge in [0.15, 0.2) is 24.6 Å². The van der Waals surface area contributed by atoms with Crippen LogP contribution in [0.2, 0.25) is 0 Å². The average molecular weight is 587 g/mol. The van der Waals surface area contributed by atoms with Gasteiger partial charge in [-0.25, -0.2) is 4.79 Å². The third-order valence-corrected chi connectivity index (χ3v) is 6.27. The maximum atomic E-state index is 12.5. The molecule has 0 amide bonds. The normalized spacial score (nSPS) is 31.6. The fourth-order valence-electron chi connectivity index (χ4n) is 4.71. The van der Waals surface area contributed by atoms with Crippen molar-refractivity contribution in [3.8, 4) is 0 Å². The molecule has 41 heavy (non-hydrogen) atoms. The summed E-state index contributed by atoms with van der Waals surface area (Å²) in [5, 5.41) is 0. The van der Waals surface area contributed by atoms with Gasteiger partial charge in [-0.1, -0.05) is 6.08 Å². The summed E-state index contributed by atoms with van der Waals surface area (Å²) in [5.74, 6) is -5.31. The molecule has 3 heterocycles. The Morgan fingerprint density at radius 3 is 2.00 bits per heavy atom. The van der Waals surface area contributed by atoms with Gasteiger partial charge in [-0.3, -0.25) is 19.2 Å². The van der Waals surface area contributed by atoms with Crippen LogP contribution in [0.15, 0.2) is 24.5 Å². The van der Waals surface area contributed by atoms with Crippen molar-refractivity contribution in [2.75, 3.05) is 26.9 Å². The lowest BCUT2D eigenvalue weighted by molar-refractivity contribution is -0.343. The first kappa shape index (κ1) is 32.0. The van der Waals surface area contributed by atoms with Crippen LogP contribution in [-0.4, -0.2) is 100 Å². The van der Waals surface area contributed by atoms with Crippen molar-refractivity contribution >= 4 is 29.8 Å². The van der Waals surface area contributed by atoms with Crippen molar-refractivity contribution in [2.45, 2.75) is 71.0 Å². The Kier molecular flexibility index (Phi) is 11.2. The summed E-state index contributed by atoms with van der Waals surface area (Å²) in [4.78, 5) is 60.2. The van der Waals surface area contributed by atoms with Crippen LogP contribution in [0.5, 0.6) is 0 Å². The first-order chi connectivity index (χ1) is 19.5. The molecule has 0 radical (unpaired) electrons. The number of hydrogen-bond acceptors (Lipinski definition) is 15. The molecule has 0 N–H and O–H groups in total. The molecular weight excluding hydrogens is 552 g/mol. The van der Waals surface area contributed by atoms with E-state index in [1.807, 2.05) is 0 Å². The lowest BCUT2D eigenvalue weighted by atomic mass is 9.83. The Balaban J connectivity index is 2.00. The van der Waals surface area contributed by atoms with Crippen LogP contribution in [0, 0.1) is 11.8 Å². The first-order valence-electron chi connectivity index (χ1n) is 12.7. The van der Waals surface area contributed by atoms with Gasteiger partial charge in [0.2, 0.25) is 12.6 Å². The molecule has 2 saturated heterocycles. The monoisotopic (exact) mass is 586 g/mol. The zero-order chi connectivity index (χ0) is 30.3. The van der Waals surface area contributed by atoms with Crippen molar-refractivity contribution in [1.82, 2.24) is 0 Å². The summed E-state index contributed by atoms with van der Waals surface area (Å²) in [6, 6.07) is 0. The molecule has 0 aromatic carbocycles. The number of ether oxygens (including phenoxy) is 10. The average Bonchev–Trinajstić information content (AvgIpc) is 3.44. The van der Waals surface area contributed by atoms with E-state index in [-0.39, 0.29) is 18.8 Å². The summed E-state index contributed by atoms with van der Waals surface area (Å²) in [6.07, 6.45) is -6.54. The SMILES string of the molecule is C=CC1C(C2OCCO2)C(C(=O)OC)=CO[C@H]1O[C@H]1OC(COC(C)=O)[C@H](OC(C)=O)[C@@H](OC(C)=O)[C@@H]1OC(C)=O. The highest BCUT2D eigenvalue weighted by Crippen LogP contribution is 2.40. The van der Waals surface area contributed by atoms with E-state index in [0.717, 1.165) is 34.0 Å². The number of hydrogen-bond donors (Lipinski definition) is 0. The van der Waals surface area contributed by atoms with Crippen LogP contribution >= 0.6 is 0 Å². The molecule has 15 heteroatoms. The smallest absolute Gasteiger partial charge is 0.337 e. The summed E-state index contributed by atoms with van der Waals surface area (Å²) < 4.78 is 55.4. The van der Waals surface area contributed by atoms with Crippen LogP contribution in [0.3, 0.4) is 0 Å². The molecule has 2 fully saturated rings. The Hall–Kier alpha value is -3.53. The molecule has 0 aliphatic carbocycles. The largest absolute Gasteiger partial charge is 0.471 e. The first-order valence-corrected chi connectivity index (χ1v) is 12.7. The predicted octanol–water partition coefficient (Wildman–Crippen LogP) is 0.291. The van der Waals surface area contributed by atoms with Crippen molar-refractivity contribution < 1.29 is 71.3 Å². The van der Waals surface area contributed by atoms with Crippen molar-refractivity contribution in [1.29, 1.82) is 0 Å². The standard InChI is InChI=1S/C26H34O15/c1-7-16-19(25-33-8-9-34-25)17(23(31)32-6)10-36-24(16)41-26-22(39-15(5)30)21(38-14(4)29)20(37-13(3)28)18(40-26)11-35-12(2)27/h7,10,16,18-22,24-26H,1,8-9,11H2,2-6H3/t16?,18?,19?,20-,21+,22-,24-,26+/m0/s1. The topological polar surface area (TPSA) is 178 Å². The maximum absolute atomic E-state index is 12.5. The van der Waals surface area contributed by atoms with Gasteiger partial charge >= 0.3 is 29.8 Å². The third kappa shape index (κ3) is 8.03. The van der Waals surface area contributed by atoms with E-state index < -0.39 is 91.6 Å². The minimum Gasteiger partial charge on any atom is -0.471 e. The molecule has 15 nitrogen and oxygen atoms in total. The number of methoxy groups -OCH3 is 1. The van der Waals surface area contributed by atoms with Crippen LogP contribution in [0.4, 0.5) is 0 Å². The summed E-state index contributed by atoms with van der Waals surface area (Å²) >= 11 is 0. The molecule has 0 aromatic rings. The lowest BCUT2D eigenvalue weighted by Crippen LogP contribution is -2.63.